The van der Waals surface area contributed by atoms with E-state index in [2.05, 4.69) is 54.4 Å². The highest BCUT2D eigenvalue weighted by Gasteiger charge is 2.50. The van der Waals surface area contributed by atoms with Crippen molar-refractivity contribution in [2.24, 2.45) is 10.9 Å². The van der Waals surface area contributed by atoms with Crippen LogP contribution in [0.1, 0.15) is 56.1 Å². The average Bonchev–Trinajstić information content (AvgIpc) is 3.40. The van der Waals surface area contributed by atoms with Gasteiger partial charge < -0.3 is 4.90 Å². The van der Waals surface area contributed by atoms with Gasteiger partial charge in [-0.2, -0.15) is 0 Å². The fourth-order valence-electron chi connectivity index (χ4n) is 6.52. The molecule has 0 bridgehead atoms. The molecule has 3 fully saturated rings. The Balaban J connectivity index is 1.17. The number of aryl methyl sites for hydroxylation is 1. The van der Waals surface area contributed by atoms with Crippen molar-refractivity contribution < 1.29 is 9.59 Å². The first-order valence-electron chi connectivity index (χ1n) is 14.3. The molecule has 4 aliphatic rings. The van der Waals surface area contributed by atoms with Crippen LogP contribution in [0, 0.1) is 12.8 Å². The van der Waals surface area contributed by atoms with Crippen LogP contribution in [-0.4, -0.2) is 57.6 Å². The normalized spacial score (nSPS) is 21.5. The molecule has 2 aliphatic carbocycles. The molecule has 2 aromatic carbocycles. The third-order valence-corrected chi connectivity index (χ3v) is 8.99. The molecule has 0 unspecified atom stereocenters. The number of pyridine rings is 1. The van der Waals surface area contributed by atoms with Crippen LogP contribution in [0.4, 0.5) is 0 Å². The van der Waals surface area contributed by atoms with Gasteiger partial charge >= 0.3 is 0 Å². The molecule has 2 amide bonds. The molecule has 0 atom stereocenters. The number of hydrogen-bond donors (Lipinski definition) is 0. The van der Waals surface area contributed by atoms with E-state index < -0.39 is 5.54 Å². The van der Waals surface area contributed by atoms with Crippen LogP contribution in [0.15, 0.2) is 71.5 Å². The molecule has 6 heteroatoms. The Morgan fingerprint density at radius 3 is 2.64 bits per heavy atom. The van der Waals surface area contributed by atoms with E-state index in [1.807, 2.05) is 28.3 Å². The summed E-state index contributed by atoms with van der Waals surface area (Å²) in [4.78, 5) is 39.6. The molecule has 7 rings (SSSR count). The SMILES string of the molecule is Cc1cc(-c2ccc3cnccc3c2)ccc1C1=NC2(CCCC2)C(=O)N1C/C=C1\CCN(C(=O)C2CC2)C1. The molecular weight excluding hydrogens is 484 g/mol. The first-order valence-corrected chi connectivity index (χ1v) is 14.3. The van der Waals surface area contributed by atoms with Crippen molar-refractivity contribution in [3.05, 3.63) is 77.6 Å². The standard InChI is InChI=1S/C33H34N4O2/c1-22-18-25(26-6-7-28-20-34-15-10-27(28)19-26)8-9-29(22)30-35-33(13-2-3-14-33)32(39)37(30)17-12-23-11-16-36(21-23)31(38)24-4-5-24/h6-10,12,15,18-20,24H,2-5,11,13-14,16-17,21H2,1H3/b23-12+. The number of fused-ring (bicyclic) bond motifs is 1. The molecule has 3 heterocycles. The van der Waals surface area contributed by atoms with Crippen LogP contribution < -0.4 is 0 Å². The molecule has 1 aromatic heterocycles. The number of nitrogens with zero attached hydrogens (tertiary/aromatic N) is 4. The summed E-state index contributed by atoms with van der Waals surface area (Å²) in [6.45, 7) is 4.13. The number of aromatic nitrogens is 1. The molecule has 2 saturated carbocycles. The highest BCUT2D eigenvalue weighted by atomic mass is 16.2. The van der Waals surface area contributed by atoms with Gasteiger partial charge in [0, 0.05) is 48.9 Å². The fraction of sp³-hybridized carbons (Fsp3) is 0.394. The van der Waals surface area contributed by atoms with Gasteiger partial charge in [0.05, 0.1) is 0 Å². The summed E-state index contributed by atoms with van der Waals surface area (Å²) in [7, 11) is 0. The number of carbonyl (C=O) groups excluding carboxylic acids is 2. The topological polar surface area (TPSA) is 65.9 Å². The van der Waals surface area contributed by atoms with E-state index in [0.717, 1.165) is 85.0 Å². The van der Waals surface area contributed by atoms with Crippen LogP contribution in [0.2, 0.25) is 0 Å². The van der Waals surface area contributed by atoms with E-state index in [4.69, 9.17) is 4.99 Å². The second-order valence-corrected chi connectivity index (χ2v) is 11.7. The zero-order chi connectivity index (χ0) is 26.6. The van der Waals surface area contributed by atoms with Crippen molar-refractivity contribution in [1.82, 2.24) is 14.8 Å². The number of amidine groups is 1. The van der Waals surface area contributed by atoms with Gasteiger partial charge in [-0.3, -0.25) is 24.5 Å². The summed E-state index contributed by atoms with van der Waals surface area (Å²) in [5.74, 6) is 1.50. The molecule has 1 saturated heterocycles. The smallest absolute Gasteiger partial charge is 0.256 e. The lowest BCUT2D eigenvalue weighted by atomic mass is 9.97. The minimum Gasteiger partial charge on any atom is -0.338 e. The van der Waals surface area contributed by atoms with E-state index in [1.165, 1.54) is 11.0 Å². The molecule has 198 valence electrons. The van der Waals surface area contributed by atoms with Crippen LogP contribution in [0.3, 0.4) is 0 Å². The number of aliphatic imine (C=N–C) groups is 1. The maximum Gasteiger partial charge on any atom is 0.256 e. The van der Waals surface area contributed by atoms with Crippen LogP contribution >= 0.6 is 0 Å². The lowest BCUT2D eigenvalue weighted by molar-refractivity contribution is -0.131. The number of benzene rings is 2. The highest BCUT2D eigenvalue weighted by molar-refractivity contribution is 6.16. The lowest BCUT2D eigenvalue weighted by Gasteiger charge is -2.22. The summed E-state index contributed by atoms with van der Waals surface area (Å²) in [5.41, 5.74) is 5.10. The van der Waals surface area contributed by atoms with E-state index in [0.29, 0.717) is 19.0 Å². The van der Waals surface area contributed by atoms with Crippen molar-refractivity contribution in [1.29, 1.82) is 0 Å². The van der Waals surface area contributed by atoms with E-state index in [-0.39, 0.29) is 11.8 Å². The van der Waals surface area contributed by atoms with E-state index in [1.54, 1.807) is 0 Å². The predicted octanol–water partition coefficient (Wildman–Crippen LogP) is 5.68. The Morgan fingerprint density at radius 2 is 1.85 bits per heavy atom. The fourth-order valence-corrected chi connectivity index (χ4v) is 6.52. The minimum atomic E-state index is -0.602. The van der Waals surface area contributed by atoms with Crippen molar-refractivity contribution in [3.63, 3.8) is 0 Å². The van der Waals surface area contributed by atoms with Crippen LogP contribution in [0.25, 0.3) is 21.9 Å². The minimum absolute atomic E-state index is 0.141. The maximum absolute atomic E-state index is 13.8. The Kier molecular flexibility index (Phi) is 5.87. The van der Waals surface area contributed by atoms with Crippen molar-refractivity contribution in [2.45, 2.75) is 57.4 Å². The maximum atomic E-state index is 13.8. The van der Waals surface area contributed by atoms with Gasteiger partial charge in [0.25, 0.3) is 5.91 Å². The number of carbonyl (C=O) groups is 2. The Bertz CT molecular complexity index is 1540. The number of amides is 2. The Hall–Kier alpha value is -3.80. The van der Waals surface area contributed by atoms with Gasteiger partial charge in [-0.25, -0.2) is 0 Å². The van der Waals surface area contributed by atoms with Gasteiger partial charge in [-0.1, -0.05) is 54.8 Å². The van der Waals surface area contributed by atoms with Crippen molar-refractivity contribution >= 4 is 28.4 Å². The molecule has 0 N–H and O–H groups in total. The largest absolute Gasteiger partial charge is 0.338 e. The summed E-state index contributed by atoms with van der Waals surface area (Å²) >= 11 is 0. The van der Waals surface area contributed by atoms with Gasteiger partial charge in [0.2, 0.25) is 5.91 Å². The van der Waals surface area contributed by atoms with Gasteiger partial charge in [-0.15, -0.1) is 0 Å². The number of hydrogen-bond acceptors (Lipinski definition) is 4. The van der Waals surface area contributed by atoms with Crippen LogP contribution in [0.5, 0.6) is 0 Å². The van der Waals surface area contributed by atoms with Crippen molar-refractivity contribution in [3.8, 4) is 11.1 Å². The third kappa shape index (κ3) is 4.36. The zero-order valence-corrected chi connectivity index (χ0v) is 22.5. The predicted molar refractivity (Wildman–Crippen MR) is 153 cm³/mol. The summed E-state index contributed by atoms with van der Waals surface area (Å²) in [5, 5.41) is 2.30. The quantitative estimate of drug-likeness (QED) is 0.408. The number of likely N-dealkylation sites (tertiary alicyclic amines) is 1. The summed E-state index contributed by atoms with van der Waals surface area (Å²) in [6.07, 6.45) is 12.6. The van der Waals surface area contributed by atoms with Gasteiger partial charge in [0.15, 0.2) is 0 Å². The highest BCUT2D eigenvalue weighted by Crippen LogP contribution is 2.41. The first-order chi connectivity index (χ1) is 19.0. The molecular formula is C33H34N4O2. The van der Waals surface area contributed by atoms with E-state index >= 15 is 0 Å². The monoisotopic (exact) mass is 518 g/mol. The lowest BCUT2D eigenvalue weighted by Crippen LogP contribution is -2.41. The van der Waals surface area contributed by atoms with Gasteiger partial charge in [-0.05, 0) is 73.2 Å². The molecule has 6 nitrogen and oxygen atoms in total. The summed E-state index contributed by atoms with van der Waals surface area (Å²) < 4.78 is 0. The third-order valence-electron chi connectivity index (χ3n) is 8.99. The van der Waals surface area contributed by atoms with E-state index in [9.17, 15) is 9.59 Å². The van der Waals surface area contributed by atoms with Crippen molar-refractivity contribution in [2.75, 3.05) is 19.6 Å². The molecule has 39 heavy (non-hydrogen) atoms. The van der Waals surface area contributed by atoms with Gasteiger partial charge in [0.1, 0.15) is 11.4 Å². The second kappa shape index (κ2) is 9.44. The molecule has 1 spiro atoms. The molecule has 3 aromatic rings. The summed E-state index contributed by atoms with van der Waals surface area (Å²) in [6, 6.07) is 15.0. The molecule has 0 radical (unpaired) electrons. The molecule has 2 aliphatic heterocycles. The Labute approximate surface area is 229 Å². The second-order valence-electron chi connectivity index (χ2n) is 11.7. The zero-order valence-electron chi connectivity index (χ0n) is 22.5. The first kappa shape index (κ1) is 24.3. The average molecular weight is 519 g/mol. The number of rotatable bonds is 5. The Morgan fingerprint density at radius 1 is 1.05 bits per heavy atom. The van der Waals surface area contributed by atoms with Crippen LogP contribution in [-0.2, 0) is 9.59 Å².